The lowest BCUT2D eigenvalue weighted by molar-refractivity contribution is -0.130. The maximum Gasteiger partial charge on any atom is 0.382 e. The first-order chi connectivity index (χ1) is 7.35. The van der Waals surface area contributed by atoms with Gasteiger partial charge in [-0.2, -0.15) is 0 Å². The highest BCUT2D eigenvalue weighted by Crippen LogP contribution is 2.40. The summed E-state index contributed by atoms with van der Waals surface area (Å²) in [4.78, 5) is 10.5. The van der Waals surface area contributed by atoms with Crippen LogP contribution in [0.5, 0.6) is 0 Å². The highest BCUT2D eigenvalue weighted by molar-refractivity contribution is 5.86. The van der Waals surface area contributed by atoms with E-state index in [9.17, 15) is 9.90 Å². The van der Waals surface area contributed by atoms with Crippen molar-refractivity contribution in [3.63, 3.8) is 0 Å². The fourth-order valence-corrected chi connectivity index (χ4v) is 2.68. The Hall–Kier alpha value is -1.01. The maximum absolute atomic E-state index is 10.5. The molecule has 1 saturated carbocycles. The zero-order chi connectivity index (χ0) is 12.3. The Bertz CT molecular complexity index is 324. The average Bonchev–Trinajstić information content (AvgIpc) is 2.14. The zero-order valence-electron chi connectivity index (χ0n) is 10.2. The van der Waals surface area contributed by atoms with Gasteiger partial charge in [0, 0.05) is 11.8 Å². The van der Waals surface area contributed by atoms with Gasteiger partial charge in [0.1, 0.15) is 5.60 Å². The van der Waals surface area contributed by atoms with E-state index in [4.69, 9.17) is 5.11 Å². The molecule has 0 saturated heterocycles. The predicted molar refractivity (Wildman–Crippen MR) is 61.7 cm³/mol. The summed E-state index contributed by atoms with van der Waals surface area (Å²) in [7, 11) is 0. The molecule has 16 heavy (non-hydrogen) atoms. The van der Waals surface area contributed by atoms with Crippen LogP contribution in [0.25, 0.3) is 0 Å². The van der Waals surface area contributed by atoms with Gasteiger partial charge in [0.05, 0.1) is 0 Å². The predicted octanol–water partition coefficient (Wildman–Crippen LogP) is 1.90. The maximum atomic E-state index is 10.5. The molecule has 1 rings (SSSR count). The Balaban J connectivity index is 2.94. The van der Waals surface area contributed by atoms with Crippen LogP contribution in [0, 0.1) is 29.6 Å². The Kier molecular flexibility index (Phi) is 3.98. The molecule has 3 heteroatoms. The number of aliphatic carboxylic acids is 1. The summed E-state index contributed by atoms with van der Waals surface area (Å²) in [6.45, 7) is 6.17. The second-order valence-electron chi connectivity index (χ2n) is 5.22. The quantitative estimate of drug-likeness (QED) is 0.669. The van der Waals surface area contributed by atoms with E-state index in [1.807, 2.05) is 13.8 Å². The van der Waals surface area contributed by atoms with Gasteiger partial charge in [-0.3, -0.25) is 0 Å². The Morgan fingerprint density at radius 2 is 2.06 bits per heavy atom. The summed E-state index contributed by atoms with van der Waals surface area (Å²) in [6, 6.07) is 0. The van der Waals surface area contributed by atoms with Gasteiger partial charge in [0.15, 0.2) is 0 Å². The van der Waals surface area contributed by atoms with Crippen molar-refractivity contribution < 1.29 is 15.0 Å². The number of aliphatic hydroxyl groups is 1. The van der Waals surface area contributed by atoms with E-state index >= 15 is 0 Å². The molecular weight excluding hydrogens is 204 g/mol. The lowest BCUT2D eigenvalue weighted by Crippen LogP contribution is -2.44. The standard InChI is InChI=1S/C13H20O3/c1-9(2)11-5-4-10(3)8-13(11,16)7-6-12(14)15/h9-11,16H,4-5,8H2,1-3H3,(H,14,15). The largest absolute Gasteiger partial charge is 0.472 e. The average molecular weight is 224 g/mol. The summed E-state index contributed by atoms with van der Waals surface area (Å²) < 4.78 is 0. The van der Waals surface area contributed by atoms with E-state index in [0.29, 0.717) is 18.3 Å². The Morgan fingerprint density at radius 1 is 1.44 bits per heavy atom. The molecule has 0 aromatic carbocycles. The van der Waals surface area contributed by atoms with Crippen molar-refractivity contribution in [3.05, 3.63) is 0 Å². The second-order valence-corrected chi connectivity index (χ2v) is 5.22. The van der Waals surface area contributed by atoms with Gasteiger partial charge in [-0.25, -0.2) is 4.79 Å². The van der Waals surface area contributed by atoms with Crippen molar-refractivity contribution in [1.82, 2.24) is 0 Å². The van der Waals surface area contributed by atoms with Crippen LogP contribution in [0.3, 0.4) is 0 Å². The number of rotatable bonds is 1. The van der Waals surface area contributed by atoms with E-state index in [-0.39, 0.29) is 5.92 Å². The smallest absolute Gasteiger partial charge is 0.382 e. The molecule has 0 bridgehead atoms. The summed E-state index contributed by atoms with van der Waals surface area (Å²) in [5.41, 5.74) is -1.12. The Morgan fingerprint density at radius 3 is 2.56 bits per heavy atom. The fourth-order valence-electron chi connectivity index (χ4n) is 2.68. The number of carbonyl (C=O) groups is 1. The first-order valence-electron chi connectivity index (χ1n) is 5.83. The van der Waals surface area contributed by atoms with Gasteiger partial charge < -0.3 is 10.2 Å². The molecule has 1 fully saturated rings. The number of carboxylic acid groups (broad SMARTS) is 1. The van der Waals surface area contributed by atoms with Crippen molar-refractivity contribution in [2.45, 2.75) is 45.6 Å². The molecule has 1 aliphatic carbocycles. The first kappa shape index (κ1) is 13.1. The van der Waals surface area contributed by atoms with E-state index < -0.39 is 11.6 Å². The lowest BCUT2D eigenvalue weighted by atomic mass is 9.67. The number of hydrogen-bond donors (Lipinski definition) is 2. The molecule has 90 valence electrons. The molecular formula is C13H20O3. The van der Waals surface area contributed by atoms with Crippen LogP contribution in [-0.4, -0.2) is 21.8 Å². The molecule has 0 amide bonds. The molecule has 0 spiro atoms. The molecule has 0 aromatic rings. The van der Waals surface area contributed by atoms with Crippen molar-refractivity contribution >= 4 is 5.97 Å². The third-order valence-electron chi connectivity index (χ3n) is 3.43. The topological polar surface area (TPSA) is 57.5 Å². The van der Waals surface area contributed by atoms with Crippen LogP contribution < -0.4 is 0 Å². The van der Waals surface area contributed by atoms with Crippen molar-refractivity contribution in [1.29, 1.82) is 0 Å². The van der Waals surface area contributed by atoms with Crippen LogP contribution in [0.2, 0.25) is 0 Å². The molecule has 0 aromatic heterocycles. The van der Waals surface area contributed by atoms with Crippen LogP contribution >= 0.6 is 0 Å². The van der Waals surface area contributed by atoms with Gasteiger partial charge >= 0.3 is 5.97 Å². The molecule has 0 heterocycles. The van der Waals surface area contributed by atoms with E-state index in [0.717, 1.165) is 12.8 Å². The van der Waals surface area contributed by atoms with E-state index in [2.05, 4.69) is 18.8 Å². The molecule has 3 nitrogen and oxygen atoms in total. The SMILES string of the molecule is CC1CCC(C(C)C)C(O)(C#CC(=O)O)C1. The molecule has 3 atom stereocenters. The molecule has 1 aliphatic rings. The summed E-state index contributed by atoms with van der Waals surface area (Å²) >= 11 is 0. The first-order valence-corrected chi connectivity index (χ1v) is 5.83. The zero-order valence-corrected chi connectivity index (χ0v) is 10.2. The minimum Gasteiger partial charge on any atom is -0.472 e. The van der Waals surface area contributed by atoms with Crippen molar-refractivity contribution in [2.75, 3.05) is 0 Å². The van der Waals surface area contributed by atoms with Crippen molar-refractivity contribution in [2.24, 2.45) is 17.8 Å². The summed E-state index contributed by atoms with van der Waals surface area (Å²) in [5.74, 6) is 4.28. The van der Waals surface area contributed by atoms with Crippen LogP contribution in [0.4, 0.5) is 0 Å². The van der Waals surface area contributed by atoms with Gasteiger partial charge in [0.2, 0.25) is 0 Å². The third-order valence-corrected chi connectivity index (χ3v) is 3.43. The minimum absolute atomic E-state index is 0.0792. The normalized spacial score (nSPS) is 34.3. The van der Waals surface area contributed by atoms with Crippen molar-refractivity contribution in [3.8, 4) is 11.8 Å². The van der Waals surface area contributed by atoms with Gasteiger partial charge in [-0.05, 0) is 24.7 Å². The Labute approximate surface area is 96.9 Å². The molecule has 3 unspecified atom stereocenters. The lowest BCUT2D eigenvalue weighted by Gasteiger charge is -2.41. The number of hydrogen-bond acceptors (Lipinski definition) is 2. The fraction of sp³-hybridized carbons (Fsp3) is 0.769. The van der Waals surface area contributed by atoms with Gasteiger partial charge in [-0.1, -0.05) is 33.1 Å². The summed E-state index contributed by atoms with van der Waals surface area (Å²) in [6.07, 6.45) is 2.58. The van der Waals surface area contributed by atoms with E-state index in [1.54, 1.807) is 0 Å². The summed E-state index contributed by atoms with van der Waals surface area (Å²) in [5, 5.41) is 19.0. The number of carboxylic acids is 1. The van der Waals surface area contributed by atoms with Crippen LogP contribution in [0.1, 0.15) is 40.0 Å². The van der Waals surface area contributed by atoms with Gasteiger partial charge in [-0.15, -0.1) is 0 Å². The third kappa shape index (κ3) is 2.99. The monoisotopic (exact) mass is 224 g/mol. The second kappa shape index (κ2) is 4.88. The molecule has 0 aliphatic heterocycles. The molecule has 0 radical (unpaired) electrons. The van der Waals surface area contributed by atoms with Gasteiger partial charge in [0.25, 0.3) is 0 Å². The minimum atomic E-state index is -1.17. The highest BCUT2D eigenvalue weighted by atomic mass is 16.4. The van der Waals surface area contributed by atoms with Crippen LogP contribution in [0.15, 0.2) is 0 Å². The highest BCUT2D eigenvalue weighted by Gasteiger charge is 2.41. The van der Waals surface area contributed by atoms with Crippen LogP contribution in [-0.2, 0) is 4.79 Å². The van der Waals surface area contributed by atoms with E-state index in [1.165, 1.54) is 0 Å². The molecule has 2 N–H and O–H groups in total.